The number of nitrogens with zero attached hydrogens (tertiary/aromatic N) is 6. The van der Waals surface area contributed by atoms with Crippen molar-refractivity contribution < 1.29 is 24.2 Å². The van der Waals surface area contributed by atoms with E-state index in [2.05, 4.69) is 52.7 Å². The number of aliphatic hydroxyl groups excluding tert-OH is 1. The zero-order valence-corrected chi connectivity index (χ0v) is 38.4. The van der Waals surface area contributed by atoms with E-state index in [0.717, 1.165) is 47.2 Å². The normalized spacial score (nSPS) is 11.8. The molecule has 0 radical (unpaired) electrons. The van der Waals surface area contributed by atoms with Crippen LogP contribution in [0.3, 0.4) is 0 Å². The molecule has 0 bridgehead atoms. The average Bonchev–Trinajstić information content (AvgIpc) is 3.63. The first kappa shape index (κ1) is 47.5. The highest BCUT2D eigenvalue weighted by Gasteiger charge is 2.25. The lowest BCUT2D eigenvalue weighted by Gasteiger charge is -2.24. The molecule has 20 heteroatoms. The molecule has 2 aromatic carbocycles. The monoisotopic (exact) mass is 912 g/mol. The van der Waals surface area contributed by atoms with E-state index in [0.29, 0.717) is 60.9 Å². The lowest BCUT2D eigenvalue weighted by molar-refractivity contribution is -0.121. The van der Waals surface area contributed by atoms with Crippen LogP contribution in [0.5, 0.6) is 0 Å². The molecular formula is C44H56N12O6S2. The van der Waals surface area contributed by atoms with Crippen LogP contribution in [-0.2, 0) is 29.0 Å². The van der Waals surface area contributed by atoms with Crippen LogP contribution >= 0.6 is 21.6 Å². The van der Waals surface area contributed by atoms with Crippen LogP contribution in [0.15, 0.2) is 59.5 Å². The quantitative estimate of drug-likeness (QED) is 0.0296. The van der Waals surface area contributed by atoms with Crippen molar-refractivity contribution in [1.29, 1.82) is 0 Å². The molecule has 64 heavy (non-hydrogen) atoms. The van der Waals surface area contributed by atoms with E-state index in [1.165, 1.54) is 6.20 Å². The van der Waals surface area contributed by atoms with E-state index in [9.17, 15) is 24.3 Å². The number of hydrogen-bond donors (Lipinski definition) is 7. The van der Waals surface area contributed by atoms with Crippen molar-refractivity contribution in [3.63, 3.8) is 0 Å². The zero-order chi connectivity index (χ0) is 45.9. The Bertz CT molecular complexity index is 2650. The van der Waals surface area contributed by atoms with Gasteiger partial charge in [0.25, 0.3) is 11.5 Å². The van der Waals surface area contributed by atoms with Crippen molar-refractivity contribution in [2.24, 2.45) is 5.41 Å². The summed E-state index contributed by atoms with van der Waals surface area (Å²) in [7, 11) is 3.14. The molecule has 340 valence electrons. The Labute approximate surface area is 378 Å². The molecule has 18 nitrogen and oxygen atoms in total. The molecule has 0 saturated carbocycles. The molecule has 0 aliphatic rings. The van der Waals surface area contributed by atoms with Gasteiger partial charge in [0, 0.05) is 71.6 Å². The molecule has 0 fully saturated rings. The first-order valence-electron chi connectivity index (χ1n) is 21.2. The van der Waals surface area contributed by atoms with Crippen LogP contribution in [-0.4, -0.2) is 94.3 Å². The number of imidazole rings is 1. The topological polar surface area (TPSA) is 257 Å². The largest absolute Gasteiger partial charge is 0.448 e. The van der Waals surface area contributed by atoms with Gasteiger partial charge in [-0.1, -0.05) is 67.0 Å². The number of nitrogens with one attached hydrogen (secondary N) is 5. The van der Waals surface area contributed by atoms with Crippen molar-refractivity contribution >= 4 is 90.0 Å². The number of benzene rings is 2. The summed E-state index contributed by atoms with van der Waals surface area (Å²) in [5, 5.41) is 22.9. The Balaban J connectivity index is 0.883. The molecule has 4 aromatic heterocycles. The summed E-state index contributed by atoms with van der Waals surface area (Å²) in [6.45, 7) is 12.0. The second-order valence-electron chi connectivity index (χ2n) is 16.7. The molecule has 6 aromatic rings. The molecule has 0 aliphatic carbocycles. The lowest BCUT2D eigenvalue weighted by atomic mass is 9.94. The number of pyridine rings is 1. The number of fused-ring (bicyclic) bond motifs is 4. The number of para-hydroxylation sites is 1. The van der Waals surface area contributed by atoms with E-state index in [4.69, 9.17) is 20.4 Å². The maximum Gasteiger partial charge on any atom is 0.412 e. The fourth-order valence-electron chi connectivity index (χ4n) is 6.62. The molecule has 8 N–H and O–H groups in total. The van der Waals surface area contributed by atoms with Gasteiger partial charge in [-0.2, -0.15) is 4.98 Å². The van der Waals surface area contributed by atoms with E-state index < -0.39 is 11.7 Å². The lowest BCUT2D eigenvalue weighted by Crippen LogP contribution is -2.36. The van der Waals surface area contributed by atoms with Gasteiger partial charge in [0.05, 0.1) is 29.5 Å². The summed E-state index contributed by atoms with van der Waals surface area (Å²) in [6, 6.07) is 14.7. The highest BCUT2D eigenvalue weighted by molar-refractivity contribution is 8.77. The van der Waals surface area contributed by atoms with Gasteiger partial charge < -0.3 is 36.1 Å². The van der Waals surface area contributed by atoms with Crippen molar-refractivity contribution in [1.82, 2.24) is 45.1 Å². The minimum atomic E-state index is -0.625. The predicted molar refractivity (Wildman–Crippen MR) is 254 cm³/mol. The zero-order valence-electron chi connectivity index (χ0n) is 36.7. The van der Waals surface area contributed by atoms with Crippen LogP contribution in [0.25, 0.3) is 33.1 Å². The summed E-state index contributed by atoms with van der Waals surface area (Å²) in [5.41, 5.74) is 8.89. The minimum Gasteiger partial charge on any atom is -0.448 e. The number of aryl methyl sites for hydroxylation is 1. The average molecular weight is 913 g/mol. The number of H-pyrrole nitrogens is 1. The van der Waals surface area contributed by atoms with Gasteiger partial charge in [-0.05, 0) is 57.0 Å². The fourth-order valence-corrected chi connectivity index (χ4v) is 8.89. The number of aliphatic hydroxyl groups is 1. The molecule has 0 saturated heterocycles. The number of ether oxygens (including phenoxy) is 1. The molecule has 4 heterocycles. The number of nitrogens with two attached hydrogens (primary N) is 1. The number of unbranched alkanes of at least 4 members (excludes halogenated alkanes) is 1. The van der Waals surface area contributed by atoms with Crippen molar-refractivity contribution in [3.05, 3.63) is 82.2 Å². The van der Waals surface area contributed by atoms with Crippen LogP contribution in [0.2, 0.25) is 0 Å². The number of aromatic amines is 1. The molecule has 6 rings (SSSR count). The second kappa shape index (κ2) is 21.6. The molecule has 0 atom stereocenters. The Hall–Kier alpha value is -5.99. The number of hydrogen-bond acceptors (Lipinski definition) is 15. The van der Waals surface area contributed by atoms with Crippen molar-refractivity contribution in [3.8, 4) is 0 Å². The van der Waals surface area contributed by atoms with Gasteiger partial charge in [0.1, 0.15) is 17.9 Å². The molecule has 3 amide bonds. The van der Waals surface area contributed by atoms with Gasteiger partial charge in [0.2, 0.25) is 11.9 Å². The molecular weight excluding hydrogens is 857 g/mol. The highest BCUT2D eigenvalue weighted by Crippen LogP contribution is 2.35. The summed E-state index contributed by atoms with van der Waals surface area (Å²) >= 11 is 0. The van der Waals surface area contributed by atoms with Crippen molar-refractivity contribution in [2.75, 3.05) is 48.4 Å². The summed E-state index contributed by atoms with van der Waals surface area (Å²) < 4.78 is 7.42. The number of anilines is 3. The molecule has 0 aliphatic heterocycles. The Morgan fingerprint density at radius 2 is 1.75 bits per heavy atom. The van der Waals surface area contributed by atoms with Gasteiger partial charge >= 0.3 is 6.09 Å². The number of rotatable bonds is 22. The molecule has 0 unspecified atom stereocenters. The summed E-state index contributed by atoms with van der Waals surface area (Å²) in [6.07, 6.45) is 4.33. The Kier molecular flexibility index (Phi) is 16.0. The third-order valence-corrected chi connectivity index (χ3v) is 13.3. The Morgan fingerprint density at radius 3 is 2.52 bits per heavy atom. The number of aromatic nitrogens is 7. The van der Waals surface area contributed by atoms with Crippen LogP contribution in [0, 0.1) is 5.41 Å². The Morgan fingerprint density at radius 1 is 0.969 bits per heavy atom. The standard InChI is InChI=1S/C44H56N12O6S2/c1-6-7-13-32-52-34-36(56(32)25-43(2,3)26-57)30-11-8-9-12-31(30)51-38(34)54-42(61)62-20-21-63-64-44(4,5)24-49-33(58)14-10-19-46-39(59)27-15-17-28(18-16-27)47-22-29-23-48-37-35(50-29)40(60)55-41(45)53-37/h8-9,11-12,15-18,23,47,57H,6-7,10,13-14,19-22,24-26H2,1-5H3,(H,46,59)(H,49,58)(H,51,54,61)(H3,45,48,53,55,60). The van der Waals surface area contributed by atoms with Gasteiger partial charge in [-0.25, -0.2) is 24.7 Å². The summed E-state index contributed by atoms with van der Waals surface area (Å²) in [4.78, 5) is 75.1. The maximum absolute atomic E-state index is 13.1. The maximum atomic E-state index is 13.1. The van der Waals surface area contributed by atoms with Crippen molar-refractivity contribution in [2.45, 2.75) is 84.6 Å². The second-order valence-corrected chi connectivity index (χ2v) is 19.8. The summed E-state index contributed by atoms with van der Waals surface area (Å²) in [5.74, 6) is 1.35. The number of carbonyl (C=O) groups is 3. The minimum absolute atomic E-state index is 0.0141. The van der Waals surface area contributed by atoms with Gasteiger partial charge in [-0.3, -0.25) is 24.7 Å². The number of carbonyl (C=O) groups excluding carboxylic acids is 3. The molecule has 0 spiro atoms. The first-order chi connectivity index (χ1) is 30.6. The fraction of sp³-hybridized carbons (Fsp3) is 0.432. The van der Waals surface area contributed by atoms with E-state index in [1.54, 1.807) is 45.9 Å². The van der Waals surface area contributed by atoms with Crippen LogP contribution < -0.4 is 32.6 Å². The van der Waals surface area contributed by atoms with Gasteiger partial charge in [-0.15, -0.1) is 0 Å². The van der Waals surface area contributed by atoms with Crippen LogP contribution in [0.1, 0.15) is 82.2 Å². The third-order valence-electron chi connectivity index (χ3n) is 10.0. The number of amides is 3. The highest BCUT2D eigenvalue weighted by atomic mass is 33.1. The van der Waals surface area contributed by atoms with E-state index in [-0.39, 0.29) is 58.7 Å². The predicted octanol–water partition coefficient (Wildman–Crippen LogP) is 6.20. The smallest absolute Gasteiger partial charge is 0.412 e. The third kappa shape index (κ3) is 12.8. The van der Waals surface area contributed by atoms with Gasteiger partial charge in [0.15, 0.2) is 17.0 Å². The van der Waals surface area contributed by atoms with Crippen LogP contribution in [0.4, 0.5) is 22.2 Å². The first-order valence-corrected chi connectivity index (χ1v) is 23.5. The SMILES string of the molecule is CCCCc1nc2c(NC(=O)OCCSSC(C)(C)CNC(=O)CCCNC(=O)c3ccc(NCc4cnc5nc(N)[nH]c(=O)c5n4)cc3)nc3ccccc3c2n1CC(C)(C)CO. The van der Waals surface area contributed by atoms with E-state index >= 15 is 0 Å². The number of nitrogen functional groups attached to an aromatic ring is 1. The van der Waals surface area contributed by atoms with E-state index in [1.807, 2.05) is 52.0 Å².